The predicted octanol–water partition coefficient (Wildman–Crippen LogP) is 2.90. The van der Waals surface area contributed by atoms with E-state index in [4.69, 9.17) is 4.74 Å². The van der Waals surface area contributed by atoms with Gasteiger partial charge in [0, 0.05) is 31.3 Å². The maximum absolute atomic E-state index is 5.43. The van der Waals surface area contributed by atoms with Crippen molar-refractivity contribution in [2.24, 2.45) is 5.92 Å². The van der Waals surface area contributed by atoms with Crippen LogP contribution in [-0.2, 0) is 4.74 Å². The van der Waals surface area contributed by atoms with Gasteiger partial charge in [-0.25, -0.2) is 4.98 Å². The normalized spacial score (nSPS) is 20.3. The highest BCUT2D eigenvalue weighted by Crippen LogP contribution is 2.24. The van der Waals surface area contributed by atoms with Gasteiger partial charge in [0.05, 0.1) is 11.1 Å². The number of nitrogens with zero attached hydrogens (tertiary/aromatic N) is 2. The molecule has 2 unspecified atom stereocenters. The number of aromatic nitrogens is 2. The third kappa shape index (κ3) is 4.04. The third-order valence-electron chi connectivity index (χ3n) is 3.31. The molecule has 6 heteroatoms. The zero-order valence-electron chi connectivity index (χ0n) is 11.4. The highest BCUT2D eigenvalue weighted by Gasteiger charge is 2.23. The van der Waals surface area contributed by atoms with Crippen LogP contribution in [0.5, 0.6) is 0 Å². The van der Waals surface area contributed by atoms with Crippen molar-refractivity contribution in [1.29, 1.82) is 0 Å². The largest absolute Gasteiger partial charge is 0.381 e. The first-order chi connectivity index (χ1) is 9.20. The van der Waals surface area contributed by atoms with Gasteiger partial charge in [0.1, 0.15) is 5.82 Å². The van der Waals surface area contributed by atoms with E-state index in [1.54, 1.807) is 6.20 Å². The summed E-state index contributed by atoms with van der Waals surface area (Å²) in [6.07, 6.45) is 3.95. The number of ether oxygens (including phenoxy) is 1. The van der Waals surface area contributed by atoms with Crippen molar-refractivity contribution in [2.75, 3.05) is 30.4 Å². The van der Waals surface area contributed by atoms with Gasteiger partial charge in [0.15, 0.2) is 0 Å². The Morgan fingerprint density at radius 3 is 3.11 bits per heavy atom. The Balaban J connectivity index is 2.01. The molecule has 0 radical (unpaired) electrons. The van der Waals surface area contributed by atoms with E-state index >= 15 is 0 Å². The number of anilines is 2. The van der Waals surface area contributed by atoms with Crippen LogP contribution in [0.4, 0.5) is 11.8 Å². The maximum atomic E-state index is 5.43. The molecule has 2 heterocycles. The van der Waals surface area contributed by atoms with Crippen molar-refractivity contribution in [2.45, 2.75) is 32.7 Å². The van der Waals surface area contributed by atoms with Gasteiger partial charge in [0.25, 0.3) is 0 Å². The second-order valence-electron chi connectivity index (χ2n) is 4.87. The summed E-state index contributed by atoms with van der Waals surface area (Å²) in [5.74, 6) is 2.06. The lowest BCUT2D eigenvalue weighted by molar-refractivity contribution is 0.183. The Hall–Kier alpha value is -0.880. The van der Waals surface area contributed by atoms with Crippen LogP contribution < -0.4 is 10.6 Å². The molecule has 2 atom stereocenters. The van der Waals surface area contributed by atoms with Crippen LogP contribution in [0.25, 0.3) is 0 Å². The SMILES string of the molecule is CCCNc1ncc(Br)c(NC(C)C2CCOC2)n1. The van der Waals surface area contributed by atoms with Gasteiger partial charge in [-0.3, -0.25) is 0 Å². The predicted molar refractivity (Wildman–Crippen MR) is 80.5 cm³/mol. The molecule has 106 valence electrons. The molecule has 5 nitrogen and oxygen atoms in total. The molecule has 19 heavy (non-hydrogen) atoms. The minimum Gasteiger partial charge on any atom is -0.381 e. The van der Waals surface area contributed by atoms with Gasteiger partial charge < -0.3 is 15.4 Å². The van der Waals surface area contributed by atoms with E-state index in [0.29, 0.717) is 17.9 Å². The average molecular weight is 329 g/mol. The molecule has 2 N–H and O–H groups in total. The van der Waals surface area contributed by atoms with Crippen molar-refractivity contribution in [3.05, 3.63) is 10.7 Å². The molecule has 1 aliphatic rings. The Kier molecular flexibility index (Phi) is 5.39. The topological polar surface area (TPSA) is 59.1 Å². The number of hydrogen-bond acceptors (Lipinski definition) is 5. The summed E-state index contributed by atoms with van der Waals surface area (Å²) in [5, 5.41) is 6.65. The second-order valence-corrected chi connectivity index (χ2v) is 5.73. The molecule has 0 saturated carbocycles. The molecule has 2 rings (SSSR count). The first kappa shape index (κ1) is 14.5. The van der Waals surface area contributed by atoms with E-state index in [2.05, 4.69) is 50.4 Å². The van der Waals surface area contributed by atoms with Crippen molar-refractivity contribution < 1.29 is 4.74 Å². The molecule has 1 aromatic rings. The number of nitrogens with one attached hydrogen (secondary N) is 2. The molecule has 0 aliphatic carbocycles. The lowest BCUT2D eigenvalue weighted by Gasteiger charge is -2.20. The van der Waals surface area contributed by atoms with Crippen molar-refractivity contribution in [1.82, 2.24) is 9.97 Å². The molecule has 1 aromatic heterocycles. The van der Waals surface area contributed by atoms with Crippen LogP contribution in [0, 0.1) is 5.92 Å². The van der Waals surface area contributed by atoms with E-state index in [1.165, 1.54) is 0 Å². The van der Waals surface area contributed by atoms with Gasteiger partial charge in [-0.2, -0.15) is 4.98 Å². The summed E-state index contributed by atoms with van der Waals surface area (Å²) in [5.41, 5.74) is 0. The van der Waals surface area contributed by atoms with E-state index in [9.17, 15) is 0 Å². The first-order valence-electron chi connectivity index (χ1n) is 6.81. The van der Waals surface area contributed by atoms with E-state index in [0.717, 1.165) is 42.9 Å². The zero-order valence-corrected chi connectivity index (χ0v) is 13.0. The van der Waals surface area contributed by atoms with Gasteiger partial charge >= 0.3 is 0 Å². The molecule has 0 aromatic carbocycles. The van der Waals surface area contributed by atoms with Crippen molar-refractivity contribution in [3.63, 3.8) is 0 Å². The van der Waals surface area contributed by atoms with E-state index in [1.807, 2.05) is 0 Å². The Morgan fingerprint density at radius 1 is 1.58 bits per heavy atom. The summed E-state index contributed by atoms with van der Waals surface area (Å²) < 4.78 is 6.32. The van der Waals surface area contributed by atoms with Crippen LogP contribution in [0.15, 0.2) is 10.7 Å². The van der Waals surface area contributed by atoms with Crippen LogP contribution in [0.1, 0.15) is 26.7 Å². The summed E-state index contributed by atoms with van der Waals surface area (Å²) in [4.78, 5) is 8.75. The fraction of sp³-hybridized carbons (Fsp3) is 0.692. The molecule has 1 aliphatic heterocycles. The Labute approximate surface area is 122 Å². The molecule has 0 amide bonds. The first-order valence-corrected chi connectivity index (χ1v) is 7.60. The molecule has 1 fully saturated rings. The smallest absolute Gasteiger partial charge is 0.224 e. The van der Waals surface area contributed by atoms with E-state index < -0.39 is 0 Å². The highest BCUT2D eigenvalue weighted by molar-refractivity contribution is 9.10. The van der Waals surface area contributed by atoms with Gasteiger partial charge in [0.2, 0.25) is 5.95 Å². The molecule has 1 saturated heterocycles. The molecular formula is C13H21BrN4O. The monoisotopic (exact) mass is 328 g/mol. The van der Waals surface area contributed by atoms with Crippen LogP contribution in [0.2, 0.25) is 0 Å². The number of halogens is 1. The lowest BCUT2D eigenvalue weighted by atomic mass is 10.0. The fourth-order valence-corrected chi connectivity index (χ4v) is 2.38. The third-order valence-corrected chi connectivity index (χ3v) is 3.89. The zero-order chi connectivity index (χ0) is 13.7. The van der Waals surface area contributed by atoms with Crippen LogP contribution in [0.3, 0.4) is 0 Å². The molecule has 0 spiro atoms. The lowest BCUT2D eigenvalue weighted by Crippen LogP contribution is -2.27. The number of rotatable bonds is 6. The quantitative estimate of drug-likeness (QED) is 0.840. The standard InChI is InChI=1S/C13H21BrN4O/c1-3-5-15-13-16-7-11(14)12(18-13)17-9(2)10-4-6-19-8-10/h7,9-10H,3-6,8H2,1-2H3,(H2,15,16,17,18). The van der Waals surface area contributed by atoms with Crippen LogP contribution >= 0.6 is 15.9 Å². The summed E-state index contributed by atoms with van der Waals surface area (Å²) in [7, 11) is 0. The number of hydrogen-bond donors (Lipinski definition) is 2. The van der Waals surface area contributed by atoms with Gasteiger partial charge in [-0.15, -0.1) is 0 Å². The van der Waals surface area contributed by atoms with Gasteiger partial charge in [-0.05, 0) is 35.7 Å². The average Bonchev–Trinajstić information content (AvgIpc) is 2.93. The Bertz CT molecular complexity index is 410. The van der Waals surface area contributed by atoms with Crippen LogP contribution in [-0.4, -0.2) is 35.8 Å². The maximum Gasteiger partial charge on any atom is 0.224 e. The highest BCUT2D eigenvalue weighted by atomic mass is 79.9. The second kappa shape index (κ2) is 7.05. The van der Waals surface area contributed by atoms with E-state index in [-0.39, 0.29) is 0 Å². The summed E-state index contributed by atoms with van der Waals surface area (Å²) in [6.45, 7) is 6.87. The van der Waals surface area contributed by atoms with Crippen molar-refractivity contribution in [3.8, 4) is 0 Å². The molecular weight excluding hydrogens is 308 g/mol. The fourth-order valence-electron chi connectivity index (χ4n) is 2.07. The molecule has 0 bridgehead atoms. The minimum atomic E-state index is 0.340. The summed E-state index contributed by atoms with van der Waals surface area (Å²) >= 11 is 3.49. The Morgan fingerprint density at radius 2 is 2.42 bits per heavy atom. The van der Waals surface area contributed by atoms with Crippen molar-refractivity contribution >= 4 is 27.7 Å². The minimum absolute atomic E-state index is 0.340. The summed E-state index contributed by atoms with van der Waals surface area (Å²) in [6, 6.07) is 0.340. The van der Waals surface area contributed by atoms with Gasteiger partial charge in [-0.1, -0.05) is 6.92 Å².